The van der Waals surface area contributed by atoms with Gasteiger partial charge in [0.2, 0.25) is 10.0 Å². The normalized spacial score (nSPS) is 12.9. The van der Waals surface area contributed by atoms with Gasteiger partial charge in [-0.3, -0.25) is 0 Å². The Labute approximate surface area is 96.1 Å². The van der Waals surface area contributed by atoms with Gasteiger partial charge >= 0.3 is 0 Å². The molecule has 15 heavy (non-hydrogen) atoms. The maximum absolute atomic E-state index is 11.3. The molecule has 0 bridgehead atoms. The summed E-state index contributed by atoms with van der Waals surface area (Å²) in [5.41, 5.74) is 0.810. The zero-order valence-electron chi connectivity index (χ0n) is 8.98. The minimum Gasteiger partial charge on any atom is -0.225 e. The van der Waals surface area contributed by atoms with Crippen LogP contribution < -0.4 is 5.14 Å². The summed E-state index contributed by atoms with van der Waals surface area (Å²) in [5.74, 6) is 0. The van der Waals surface area contributed by atoms with Gasteiger partial charge in [0.1, 0.15) is 0 Å². The smallest absolute Gasteiger partial charge is 0.225 e. The molecule has 0 spiro atoms. The summed E-state index contributed by atoms with van der Waals surface area (Å²) in [6.45, 7) is 6.02. The number of nitrogens with two attached hydrogens (primary N) is 1. The maximum Gasteiger partial charge on any atom is 0.239 e. The molecule has 0 saturated heterocycles. The van der Waals surface area contributed by atoms with Crippen molar-refractivity contribution in [2.45, 2.75) is 36.0 Å². The van der Waals surface area contributed by atoms with Crippen LogP contribution in [0.3, 0.4) is 0 Å². The molecule has 0 saturated carbocycles. The number of rotatable bonds is 1. The fourth-order valence-electron chi connectivity index (χ4n) is 1.21. The van der Waals surface area contributed by atoms with Crippen LogP contribution in [-0.2, 0) is 15.4 Å². The number of thiol groups is 1. The van der Waals surface area contributed by atoms with Crippen LogP contribution in [0.2, 0.25) is 0 Å². The van der Waals surface area contributed by atoms with Crippen molar-refractivity contribution in [1.29, 1.82) is 0 Å². The number of hydrogen-bond donors (Lipinski definition) is 2. The van der Waals surface area contributed by atoms with Gasteiger partial charge in [-0.15, -0.1) is 12.6 Å². The van der Waals surface area contributed by atoms with Crippen LogP contribution in [-0.4, -0.2) is 8.42 Å². The lowest BCUT2D eigenvalue weighted by atomic mass is 9.87. The van der Waals surface area contributed by atoms with Crippen molar-refractivity contribution in [1.82, 2.24) is 0 Å². The second-order valence-electron chi connectivity index (χ2n) is 4.48. The van der Waals surface area contributed by atoms with Crippen LogP contribution in [0.5, 0.6) is 0 Å². The van der Waals surface area contributed by atoms with Gasteiger partial charge in [-0.2, -0.15) is 0 Å². The molecule has 1 aromatic carbocycles. The first kappa shape index (κ1) is 12.5. The Hall–Kier alpha value is -0.520. The second-order valence-corrected chi connectivity index (χ2v) is 6.49. The van der Waals surface area contributed by atoms with E-state index in [1.807, 2.05) is 26.8 Å². The van der Waals surface area contributed by atoms with Crippen molar-refractivity contribution in [3.8, 4) is 0 Å². The van der Waals surface area contributed by atoms with Crippen molar-refractivity contribution < 1.29 is 8.42 Å². The van der Waals surface area contributed by atoms with Crippen LogP contribution >= 0.6 is 12.6 Å². The van der Waals surface area contributed by atoms with Gasteiger partial charge in [0.25, 0.3) is 0 Å². The molecule has 0 unspecified atom stereocenters. The average Bonchev–Trinajstić information content (AvgIpc) is 2.00. The van der Waals surface area contributed by atoms with E-state index in [4.69, 9.17) is 5.14 Å². The van der Waals surface area contributed by atoms with E-state index in [0.717, 1.165) is 5.56 Å². The highest BCUT2D eigenvalue weighted by atomic mass is 32.2. The van der Waals surface area contributed by atoms with Crippen molar-refractivity contribution >= 4 is 22.7 Å². The Morgan fingerprint density at radius 1 is 1.27 bits per heavy atom. The summed E-state index contributed by atoms with van der Waals surface area (Å²) in [4.78, 5) is 0.462. The van der Waals surface area contributed by atoms with E-state index >= 15 is 0 Å². The van der Waals surface area contributed by atoms with Crippen molar-refractivity contribution in [3.05, 3.63) is 23.8 Å². The molecule has 0 heterocycles. The molecule has 3 nitrogen and oxygen atoms in total. The summed E-state index contributed by atoms with van der Waals surface area (Å²) in [6.07, 6.45) is 0. The summed E-state index contributed by atoms with van der Waals surface area (Å²) in [6, 6.07) is 5.10. The molecular formula is C10H15NO2S2. The first-order chi connectivity index (χ1) is 6.62. The third-order valence-electron chi connectivity index (χ3n) is 2.13. The van der Waals surface area contributed by atoms with E-state index < -0.39 is 10.0 Å². The Balaban J connectivity index is 3.43. The minimum atomic E-state index is -3.69. The zero-order chi connectivity index (χ0) is 11.9. The topological polar surface area (TPSA) is 60.2 Å². The van der Waals surface area contributed by atoms with Crippen LogP contribution in [0.4, 0.5) is 0 Å². The van der Waals surface area contributed by atoms with Crippen LogP contribution in [0.1, 0.15) is 26.3 Å². The molecule has 0 aliphatic heterocycles. The summed E-state index contributed by atoms with van der Waals surface area (Å²) >= 11 is 4.08. The molecule has 1 rings (SSSR count). The quantitative estimate of drug-likeness (QED) is 0.743. The Morgan fingerprint density at radius 3 is 2.20 bits per heavy atom. The largest absolute Gasteiger partial charge is 0.239 e. The van der Waals surface area contributed by atoms with Crippen molar-refractivity contribution in [2.75, 3.05) is 0 Å². The number of hydrogen-bond acceptors (Lipinski definition) is 3. The number of sulfonamides is 1. The molecular weight excluding hydrogens is 230 g/mol. The predicted octanol–water partition coefficient (Wildman–Crippen LogP) is 1.92. The van der Waals surface area contributed by atoms with E-state index in [0.29, 0.717) is 4.90 Å². The molecule has 0 amide bonds. The molecule has 0 aromatic heterocycles. The third kappa shape index (κ3) is 2.96. The molecule has 0 atom stereocenters. The summed E-state index contributed by atoms with van der Waals surface area (Å²) in [5, 5.41) is 5.09. The van der Waals surface area contributed by atoms with Crippen LogP contribution in [0.15, 0.2) is 28.0 Å². The molecule has 1 aromatic rings. The van der Waals surface area contributed by atoms with E-state index in [-0.39, 0.29) is 10.3 Å². The Morgan fingerprint density at radius 2 is 1.80 bits per heavy atom. The van der Waals surface area contributed by atoms with Gasteiger partial charge in [0.05, 0.1) is 4.90 Å². The SMILES string of the molecule is CC(C)(C)c1ccc(S)c(S(N)(=O)=O)c1. The lowest BCUT2D eigenvalue weighted by molar-refractivity contribution is 0.582. The van der Waals surface area contributed by atoms with E-state index in [9.17, 15) is 8.42 Å². The second kappa shape index (κ2) is 3.81. The van der Waals surface area contributed by atoms with Gasteiger partial charge in [-0.1, -0.05) is 26.8 Å². The number of primary sulfonamides is 1. The summed E-state index contributed by atoms with van der Waals surface area (Å²) in [7, 11) is -3.69. The molecule has 0 aliphatic carbocycles. The molecule has 0 fully saturated rings. The molecule has 0 aliphatic rings. The minimum absolute atomic E-state index is 0.0817. The monoisotopic (exact) mass is 245 g/mol. The number of benzene rings is 1. The van der Waals surface area contributed by atoms with E-state index in [1.54, 1.807) is 12.1 Å². The highest BCUT2D eigenvalue weighted by Crippen LogP contribution is 2.27. The fourth-order valence-corrected chi connectivity index (χ4v) is 2.38. The van der Waals surface area contributed by atoms with Gasteiger partial charge in [-0.05, 0) is 23.1 Å². The third-order valence-corrected chi connectivity index (χ3v) is 3.62. The highest BCUT2D eigenvalue weighted by molar-refractivity contribution is 7.90. The molecule has 2 N–H and O–H groups in total. The van der Waals surface area contributed by atoms with Gasteiger partial charge in [0.15, 0.2) is 0 Å². The van der Waals surface area contributed by atoms with Crippen LogP contribution in [0.25, 0.3) is 0 Å². The van der Waals surface area contributed by atoms with E-state index in [1.165, 1.54) is 0 Å². The molecule has 84 valence electrons. The predicted molar refractivity (Wildman–Crippen MR) is 63.8 cm³/mol. The first-order valence-corrected chi connectivity index (χ1v) is 6.48. The Kier molecular flexibility index (Phi) is 3.19. The van der Waals surface area contributed by atoms with Gasteiger partial charge in [0, 0.05) is 4.90 Å². The Bertz CT molecular complexity index is 473. The lowest BCUT2D eigenvalue weighted by Crippen LogP contribution is -2.16. The van der Waals surface area contributed by atoms with E-state index in [2.05, 4.69) is 12.6 Å². The highest BCUT2D eigenvalue weighted by Gasteiger charge is 2.18. The van der Waals surface area contributed by atoms with Crippen molar-refractivity contribution in [2.24, 2.45) is 5.14 Å². The standard InChI is InChI=1S/C10H15NO2S2/c1-10(2,3)7-4-5-8(14)9(6-7)15(11,12)13/h4-6,14H,1-3H3,(H2,11,12,13). The summed E-state index contributed by atoms with van der Waals surface area (Å²) < 4.78 is 22.5. The lowest BCUT2D eigenvalue weighted by Gasteiger charge is -2.20. The zero-order valence-corrected chi connectivity index (χ0v) is 10.7. The van der Waals surface area contributed by atoms with Crippen LogP contribution in [0, 0.1) is 0 Å². The fraction of sp³-hybridized carbons (Fsp3) is 0.400. The van der Waals surface area contributed by atoms with Gasteiger partial charge in [-0.25, -0.2) is 13.6 Å². The molecule has 5 heteroatoms. The molecule has 0 radical (unpaired) electrons. The van der Waals surface area contributed by atoms with Gasteiger partial charge < -0.3 is 0 Å². The first-order valence-electron chi connectivity index (χ1n) is 4.48. The van der Waals surface area contributed by atoms with Crippen molar-refractivity contribution in [3.63, 3.8) is 0 Å². The maximum atomic E-state index is 11.3. The average molecular weight is 245 g/mol.